The van der Waals surface area contributed by atoms with Gasteiger partial charge in [-0.1, -0.05) is 168 Å². The number of phosphoric ester groups is 1. The molecule has 4 N–H and O–H groups in total. The Bertz CT molecular complexity index is 784. The van der Waals surface area contributed by atoms with E-state index in [-0.39, 0.29) is 19.4 Å². The van der Waals surface area contributed by atoms with Gasteiger partial charge in [-0.05, 0) is 12.8 Å². The highest BCUT2D eigenvalue weighted by atomic mass is 31.2. The molecule has 0 rings (SSSR count). The maximum atomic E-state index is 12.5. The van der Waals surface area contributed by atoms with Gasteiger partial charge < -0.3 is 25.2 Å². The van der Waals surface area contributed by atoms with Crippen molar-refractivity contribution in [3.63, 3.8) is 0 Å². The van der Waals surface area contributed by atoms with Crippen LogP contribution in [0.3, 0.4) is 0 Å². The summed E-state index contributed by atoms with van der Waals surface area (Å²) in [5, 5.41) is 9.11. The van der Waals surface area contributed by atoms with Gasteiger partial charge in [0.15, 0.2) is 6.10 Å². The minimum Gasteiger partial charge on any atom is -0.462 e. The van der Waals surface area contributed by atoms with Crippen molar-refractivity contribution in [2.75, 3.05) is 19.8 Å². The van der Waals surface area contributed by atoms with E-state index in [1.54, 1.807) is 0 Å². The first-order chi connectivity index (χ1) is 23.2. The molecule has 3 atom stereocenters. The molecular formula is C37H74NO9P. The smallest absolute Gasteiger partial charge is 0.462 e. The minimum atomic E-state index is -4.56. The van der Waals surface area contributed by atoms with Gasteiger partial charge in [-0.25, -0.2) is 4.57 Å². The van der Waals surface area contributed by atoms with E-state index >= 15 is 0 Å². The molecule has 286 valence electrons. The van der Waals surface area contributed by atoms with Gasteiger partial charge in [-0.3, -0.25) is 18.6 Å². The SMILES string of the molecule is CCCCCCCCCCCCCCCC(=O)OCC(COP(=O)(O)OCC(N)O)OC(=O)CCCCCCCCCCCCCCC. The molecule has 0 aromatic heterocycles. The fraction of sp³-hybridized carbons (Fsp3) is 0.946. The molecule has 0 aromatic carbocycles. The molecule has 0 amide bonds. The number of ether oxygens (including phenoxy) is 2. The van der Waals surface area contributed by atoms with Crippen LogP contribution in [0.2, 0.25) is 0 Å². The van der Waals surface area contributed by atoms with E-state index in [0.717, 1.165) is 38.5 Å². The lowest BCUT2D eigenvalue weighted by Gasteiger charge is -2.20. The summed E-state index contributed by atoms with van der Waals surface area (Å²) in [5.41, 5.74) is 5.15. The molecule has 0 fully saturated rings. The number of aliphatic hydroxyl groups excluding tert-OH is 1. The standard InChI is InChI=1S/C37H74NO9P/c1-3-5-7-9-11-13-15-17-19-21-23-25-27-29-36(40)44-31-34(32-45-48(42,43)46-33-35(38)39)47-37(41)30-28-26-24-22-20-18-16-14-12-10-8-6-4-2/h34-35,39H,3-33,38H2,1-2H3,(H,42,43). The molecule has 48 heavy (non-hydrogen) atoms. The van der Waals surface area contributed by atoms with Crippen molar-refractivity contribution in [2.24, 2.45) is 5.73 Å². The summed E-state index contributed by atoms with van der Waals surface area (Å²) in [7, 11) is -4.56. The van der Waals surface area contributed by atoms with E-state index in [0.29, 0.717) is 6.42 Å². The Balaban J connectivity index is 4.25. The summed E-state index contributed by atoms with van der Waals surface area (Å²) in [4.78, 5) is 34.7. The van der Waals surface area contributed by atoms with Gasteiger partial charge in [0.1, 0.15) is 12.8 Å². The number of unbranched alkanes of at least 4 members (excludes halogenated alkanes) is 24. The molecule has 0 saturated carbocycles. The Morgan fingerprint density at radius 2 is 0.875 bits per heavy atom. The predicted octanol–water partition coefficient (Wildman–Crippen LogP) is 9.81. The third-order valence-corrected chi connectivity index (χ3v) is 9.48. The average Bonchev–Trinajstić information content (AvgIpc) is 3.05. The summed E-state index contributed by atoms with van der Waals surface area (Å²) < 4.78 is 32.4. The number of carbonyl (C=O) groups excluding carboxylic acids is 2. The van der Waals surface area contributed by atoms with Gasteiger partial charge in [0.2, 0.25) is 0 Å². The van der Waals surface area contributed by atoms with E-state index in [4.69, 9.17) is 24.8 Å². The van der Waals surface area contributed by atoms with Crippen LogP contribution in [0.4, 0.5) is 0 Å². The maximum absolute atomic E-state index is 12.5. The van der Waals surface area contributed by atoms with Crippen molar-refractivity contribution in [3.05, 3.63) is 0 Å². The number of rotatable bonds is 37. The van der Waals surface area contributed by atoms with E-state index in [1.165, 1.54) is 122 Å². The monoisotopic (exact) mass is 708 g/mol. The first kappa shape index (κ1) is 47.0. The van der Waals surface area contributed by atoms with E-state index in [2.05, 4.69) is 18.4 Å². The number of aliphatic hydroxyl groups is 1. The maximum Gasteiger partial charge on any atom is 0.472 e. The molecule has 0 saturated heterocycles. The third kappa shape index (κ3) is 34.8. The van der Waals surface area contributed by atoms with Crippen molar-refractivity contribution in [1.82, 2.24) is 0 Å². The number of esters is 2. The van der Waals surface area contributed by atoms with Gasteiger partial charge in [0.05, 0.1) is 13.2 Å². The van der Waals surface area contributed by atoms with Gasteiger partial charge in [0, 0.05) is 12.8 Å². The van der Waals surface area contributed by atoms with E-state index in [9.17, 15) is 19.0 Å². The Labute approximate surface area is 293 Å². The molecule has 0 aromatic rings. The lowest BCUT2D eigenvalue weighted by molar-refractivity contribution is -0.161. The van der Waals surface area contributed by atoms with Crippen molar-refractivity contribution in [3.8, 4) is 0 Å². The number of hydrogen-bond donors (Lipinski definition) is 3. The van der Waals surface area contributed by atoms with Crippen LogP contribution in [-0.2, 0) is 32.7 Å². The van der Waals surface area contributed by atoms with Crippen LogP contribution < -0.4 is 5.73 Å². The molecule has 3 unspecified atom stereocenters. The second-order valence-electron chi connectivity index (χ2n) is 13.4. The van der Waals surface area contributed by atoms with Crippen molar-refractivity contribution < 1.29 is 42.7 Å². The largest absolute Gasteiger partial charge is 0.472 e. The average molecular weight is 708 g/mol. The number of phosphoric acid groups is 1. The molecule has 0 aliphatic rings. The molecule has 0 radical (unpaired) electrons. The fourth-order valence-electron chi connectivity index (χ4n) is 5.58. The molecule has 0 aliphatic carbocycles. The topological polar surface area (TPSA) is 155 Å². The molecule has 0 spiro atoms. The number of carbonyl (C=O) groups is 2. The summed E-state index contributed by atoms with van der Waals surface area (Å²) in [6, 6.07) is 0. The third-order valence-electron chi connectivity index (χ3n) is 8.53. The Kier molecular flexibility index (Phi) is 33.7. The van der Waals surface area contributed by atoms with E-state index in [1.807, 2.05) is 0 Å². The van der Waals surface area contributed by atoms with Crippen molar-refractivity contribution in [2.45, 2.75) is 206 Å². The highest BCUT2D eigenvalue weighted by Gasteiger charge is 2.26. The number of nitrogens with two attached hydrogens (primary N) is 1. The first-order valence-corrected chi connectivity index (χ1v) is 21.1. The summed E-state index contributed by atoms with van der Waals surface area (Å²) in [6.07, 6.45) is 29.3. The van der Waals surface area contributed by atoms with Gasteiger partial charge in [-0.15, -0.1) is 0 Å². The van der Waals surface area contributed by atoms with Gasteiger partial charge in [-0.2, -0.15) is 0 Å². The van der Waals surface area contributed by atoms with Gasteiger partial charge >= 0.3 is 19.8 Å². The number of hydrogen-bond acceptors (Lipinski definition) is 9. The second-order valence-corrected chi connectivity index (χ2v) is 14.9. The van der Waals surface area contributed by atoms with Crippen molar-refractivity contribution >= 4 is 19.8 Å². The van der Waals surface area contributed by atoms with Crippen LogP contribution in [0.5, 0.6) is 0 Å². The molecule has 0 aliphatic heterocycles. The molecule has 0 heterocycles. The lowest BCUT2D eigenvalue weighted by atomic mass is 10.0. The minimum absolute atomic E-state index is 0.202. The Morgan fingerprint density at radius 3 is 1.25 bits per heavy atom. The van der Waals surface area contributed by atoms with Crippen LogP contribution in [-0.4, -0.2) is 54.1 Å². The molecule has 11 heteroatoms. The Morgan fingerprint density at radius 1 is 0.542 bits per heavy atom. The summed E-state index contributed by atoms with van der Waals surface area (Å²) >= 11 is 0. The molecule has 10 nitrogen and oxygen atoms in total. The highest BCUT2D eigenvalue weighted by molar-refractivity contribution is 7.47. The summed E-state index contributed by atoms with van der Waals surface area (Å²) in [6.45, 7) is 3.08. The quantitative estimate of drug-likeness (QED) is 0.0246. The van der Waals surface area contributed by atoms with Crippen LogP contribution in [0.15, 0.2) is 0 Å². The molecular weight excluding hydrogens is 633 g/mol. The fourth-order valence-corrected chi connectivity index (χ4v) is 6.35. The zero-order valence-corrected chi connectivity index (χ0v) is 31.7. The van der Waals surface area contributed by atoms with E-state index < -0.39 is 45.3 Å². The second kappa shape index (κ2) is 34.4. The predicted molar refractivity (Wildman–Crippen MR) is 193 cm³/mol. The zero-order chi connectivity index (χ0) is 35.6. The van der Waals surface area contributed by atoms with Crippen molar-refractivity contribution in [1.29, 1.82) is 0 Å². The lowest BCUT2D eigenvalue weighted by Crippen LogP contribution is -2.30. The normalized spacial score (nSPS) is 14.0. The van der Waals surface area contributed by atoms with Crippen LogP contribution in [0, 0.1) is 0 Å². The van der Waals surface area contributed by atoms with Crippen LogP contribution in [0.25, 0.3) is 0 Å². The summed E-state index contributed by atoms with van der Waals surface area (Å²) in [5.74, 6) is -0.893. The Hall–Kier alpha value is -1.03. The first-order valence-electron chi connectivity index (χ1n) is 19.6. The highest BCUT2D eigenvalue weighted by Crippen LogP contribution is 2.43. The zero-order valence-electron chi connectivity index (χ0n) is 30.9. The van der Waals surface area contributed by atoms with Crippen LogP contribution >= 0.6 is 7.82 Å². The molecule has 0 bridgehead atoms. The van der Waals surface area contributed by atoms with Crippen LogP contribution in [0.1, 0.15) is 194 Å². The van der Waals surface area contributed by atoms with Gasteiger partial charge in [0.25, 0.3) is 0 Å².